The van der Waals surface area contributed by atoms with E-state index in [1.807, 2.05) is 4.68 Å². The van der Waals surface area contributed by atoms with Crippen LogP contribution in [0, 0.1) is 13.8 Å². The molecule has 2 aromatic carbocycles. The number of aromatic nitrogens is 2. The van der Waals surface area contributed by atoms with Crippen LogP contribution < -0.4 is 10.6 Å². The van der Waals surface area contributed by atoms with Gasteiger partial charge in [0, 0.05) is 33.9 Å². The molecule has 2 N–H and O–H groups in total. The molecule has 0 radical (unpaired) electrons. The molecule has 4 rings (SSSR count). The average Bonchev–Trinajstić information content (AvgIpc) is 3.33. The number of nitrogens with one attached hydrogen (secondary N) is 2. The third-order valence-corrected chi connectivity index (χ3v) is 6.28. The Morgan fingerprint density at radius 3 is 2.41 bits per heavy atom. The fourth-order valence-electron chi connectivity index (χ4n) is 4.33. The number of anilines is 1. The van der Waals surface area contributed by atoms with Gasteiger partial charge >= 0.3 is 6.03 Å². The van der Waals surface area contributed by atoms with Crippen molar-refractivity contribution in [2.24, 2.45) is 0 Å². The van der Waals surface area contributed by atoms with Gasteiger partial charge in [-0.25, -0.2) is 9.48 Å². The second kappa shape index (κ2) is 9.21. The van der Waals surface area contributed by atoms with Crippen molar-refractivity contribution in [2.45, 2.75) is 52.0 Å². The van der Waals surface area contributed by atoms with Crippen molar-refractivity contribution in [3.05, 3.63) is 88.2 Å². The molecule has 1 aliphatic carbocycles. The highest BCUT2D eigenvalue weighted by Gasteiger charge is 2.27. The summed E-state index contributed by atoms with van der Waals surface area (Å²) in [5.74, 6) is 0.726. The summed E-state index contributed by atoms with van der Waals surface area (Å²) in [6.45, 7) is 8.57. The number of allylic oxidation sites excluding steroid dienone is 1. The van der Waals surface area contributed by atoms with E-state index >= 15 is 0 Å². The molecule has 6 heteroatoms. The van der Waals surface area contributed by atoms with Crippen molar-refractivity contribution in [3.63, 3.8) is 0 Å². The maximum Gasteiger partial charge on any atom is 0.319 e. The number of hydrogen-bond acceptors (Lipinski definition) is 2. The van der Waals surface area contributed by atoms with E-state index in [1.54, 1.807) is 24.3 Å². The predicted molar refractivity (Wildman–Crippen MR) is 131 cm³/mol. The van der Waals surface area contributed by atoms with Gasteiger partial charge < -0.3 is 10.6 Å². The van der Waals surface area contributed by atoms with E-state index in [9.17, 15) is 4.79 Å². The highest BCUT2D eigenvalue weighted by atomic mass is 35.5. The summed E-state index contributed by atoms with van der Waals surface area (Å²) in [7, 11) is 0. The maximum atomic E-state index is 12.4. The van der Waals surface area contributed by atoms with Gasteiger partial charge in [-0.05, 0) is 68.1 Å². The number of aryl methyl sites for hydroxylation is 1. The van der Waals surface area contributed by atoms with Gasteiger partial charge in [-0.2, -0.15) is 5.10 Å². The standard InChI is InChI=1S/C26H29ClN4O/c1-16(2)19-6-13-24(14-7-19)31-18(4)25(17(3)30-31)20-5-10-23(15-20)29-26(32)28-22-11-8-21(27)9-12-22/h5-14,16,20,23H,15H2,1-4H3,(H2,28,29,32)/t20-,23-/m1/s1. The van der Waals surface area contributed by atoms with E-state index in [-0.39, 0.29) is 18.0 Å². The Hall–Kier alpha value is -3.05. The Balaban J connectivity index is 1.43. The van der Waals surface area contributed by atoms with Gasteiger partial charge in [-0.3, -0.25) is 0 Å². The number of carbonyl (C=O) groups is 1. The van der Waals surface area contributed by atoms with Gasteiger partial charge in [-0.1, -0.05) is 49.7 Å². The zero-order valence-electron chi connectivity index (χ0n) is 18.9. The summed E-state index contributed by atoms with van der Waals surface area (Å²) in [6.07, 6.45) is 5.06. The quantitative estimate of drug-likeness (QED) is 0.437. The minimum absolute atomic E-state index is 0.0280. The third-order valence-electron chi connectivity index (χ3n) is 6.02. The van der Waals surface area contributed by atoms with E-state index in [0.29, 0.717) is 16.6 Å². The minimum atomic E-state index is -0.225. The first-order valence-electron chi connectivity index (χ1n) is 11.0. The molecule has 0 bridgehead atoms. The van der Waals surface area contributed by atoms with Crippen LogP contribution in [0.3, 0.4) is 0 Å². The molecule has 1 aliphatic rings. The van der Waals surface area contributed by atoms with Crippen LogP contribution in [0.1, 0.15) is 54.6 Å². The summed E-state index contributed by atoms with van der Waals surface area (Å²) in [6, 6.07) is 15.4. The largest absolute Gasteiger partial charge is 0.332 e. The van der Waals surface area contributed by atoms with Crippen LogP contribution in [0.2, 0.25) is 5.02 Å². The van der Waals surface area contributed by atoms with E-state index < -0.39 is 0 Å². The second-order valence-corrected chi connectivity index (χ2v) is 9.12. The molecule has 0 saturated heterocycles. The smallest absolute Gasteiger partial charge is 0.319 e. The van der Waals surface area contributed by atoms with E-state index in [2.05, 4.69) is 74.7 Å². The first-order valence-corrected chi connectivity index (χ1v) is 11.4. The zero-order chi connectivity index (χ0) is 22.8. The molecule has 0 fully saturated rings. The van der Waals surface area contributed by atoms with Crippen LogP contribution in [-0.2, 0) is 0 Å². The summed E-state index contributed by atoms with van der Waals surface area (Å²) < 4.78 is 2.02. The number of halogens is 1. The number of carbonyl (C=O) groups excluding carboxylic acids is 1. The topological polar surface area (TPSA) is 59.0 Å². The third kappa shape index (κ3) is 4.73. The van der Waals surface area contributed by atoms with Gasteiger partial charge in [0.1, 0.15) is 0 Å². The van der Waals surface area contributed by atoms with Crippen molar-refractivity contribution < 1.29 is 4.79 Å². The Labute approximate surface area is 194 Å². The second-order valence-electron chi connectivity index (χ2n) is 8.68. The fourth-order valence-corrected chi connectivity index (χ4v) is 4.46. The number of benzene rings is 2. The lowest BCUT2D eigenvalue weighted by Gasteiger charge is -2.15. The molecule has 5 nitrogen and oxygen atoms in total. The van der Waals surface area contributed by atoms with Gasteiger partial charge in [0.05, 0.1) is 11.4 Å². The Bertz CT molecular complexity index is 1130. The average molecular weight is 449 g/mol. The molecular weight excluding hydrogens is 420 g/mol. The van der Waals surface area contributed by atoms with Crippen molar-refractivity contribution in [1.82, 2.24) is 15.1 Å². The lowest BCUT2D eigenvalue weighted by atomic mass is 9.96. The molecule has 3 aromatic rings. The molecular formula is C26H29ClN4O. The predicted octanol–water partition coefficient (Wildman–Crippen LogP) is 6.50. The van der Waals surface area contributed by atoms with Crippen LogP contribution in [0.15, 0.2) is 60.7 Å². The van der Waals surface area contributed by atoms with E-state index in [0.717, 1.165) is 23.5 Å². The van der Waals surface area contributed by atoms with Gasteiger partial charge in [-0.15, -0.1) is 0 Å². The normalized spacial score (nSPS) is 17.7. The summed E-state index contributed by atoms with van der Waals surface area (Å²) in [5, 5.41) is 11.4. The van der Waals surface area contributed by atoms with Crippen LogP contribution in [0.25, 0.3) is 5.69 Å². The minimum Gasteiger partial charge on any atom is -0.332 e. The first-order chi connectivity index (χ1) is 15.3. The first kappa shape index (κ1) is 22.2. The molecule has 0 saturated carbocycles. The van der Waals surface area contributed by atoms with Crippen LogP contribution >= 0.6 is 11.6 Å². The monoisotopic (exact) mass is 448 g/mol. The summed E-state index contributed by atoms with van der Waals surface area (Å²) >= 11 is 5.90. The molecule has 166 valence electrons. The number of hydrogen-bond donors (Lipinski definition) is 2. The van der Waals surface area contributed by atoms with Crippen LogP contribution in [-0.4, -0.2) is 21.9 Å². The SMILES string of the molecule is Cc1nn(-c2ccc(C(C)C)cc2)c(C)c1[C@@H]1C=C[C@@H](NC(=O)Nc2ccc(Cl)cc2)C1. The highest BCUT2D eigenvalue weighted by Crippen LogP contribution is 2.34. The highest BCUT2D eigenvalue weighted by molar-refractivity contribution is 6.30. The Morgan fingerprint density at radius 1 is 1.06 bits per heavy atom. The van der Waals surface area contributed by atoms with E-state index in [4.69, 9.17) is 16.7 Å². The molecule has 0 unspecified atom stereocenters. The number of nitrogens with zero attached hydrogens (tertiary/aromatic N) is 2. The lowest BCUT2D eigenvalue weighted by Crippen LogP contribution is -2.36. The molecule has 1 heterocycles. The molecule has 0 spiro atoms. The summed E-state index contributed by atoms with van der Waals surface area (Å²) in [5.41, 5.74) is 6.50. The maximum absolute atomic E-state index is 12.4. The Kier molecular flexibility index (Phi) is 6.38. The number of urea groups is 1. The van der Waals surface area contributed by atoms with Crippen molar-refractivity contribution in [2.75, 3.05) is 5.32 Å². The van der Waals surface area contributed by atoms with E-state index in [1.165, 1.54) is 11.1 Å². The van der Waals surface area contributed by atoms with Crippen molar-refractivity contribution >= 4 is 23.3 Å². The number of amides is 2. The zero-order valence-corrected chi connectivity index (χ0v) is 19.6. The Morgan fingerprint density at radius 2 is 1.75 bits per heavy atom. The van der Waals surface area contributed by atoms with Crippen molar-refractivity contribution in [3.8, 4) is 5.69 Å². The van der Waals surface area contributed by atoms with Gasteiger partial charge in [0.2, 0.25) is 0 Å². The lowest BCUT2D eigenvalue weighted by molar-refractivity contribution is 0.250. The number of rotatable bonds is 5. The molecule has 0 aliphatic heterocycles. The van der Waals surface area contributed by atoms with Gasteiger partial charge in [0.25, 0.3) is 0 Å². The van der Waals surface area contributed by atoms with Gasteiger partial charge in [0.15, 0.2) is 0 Å². The molecule has 2 atom stereocenters. The fraction of sp³-hybridized carbons (Fsp3) is 0.308. The van der Waals surface area contributed by atoms with Crippen molar-refractivity contribution in [1.29, 1.82) is 0 Å². The molecule has 1 aromatic heterocycles. The van der Waals surface area contributed by atoms with Crippen LogP contribution in [0.4, 0.5) is 10.5 Å². The summed E-state index contributed by atoms with van der Waals surface area (Å²) in [4.78, 5) is 12.4. The molecule has 2 amide bonds. The molecule has 32 heavy (non-hydrogen) atoms. The van der Waals surface area contributed by atoms with Crippen LogP contribution in [0.5, 0.6) is 0 Å².